The minimum absolute atomic E-state index is 0.0696. The van der Waals surface area contributed by atoms with Crippen molar-refractivity contribution >= 4 is 0 Å². The number of allylic oxidation sites excluding steroid dienone is 2. The fourth-order valence-electron chi connectivity index (χ4n) is 4.55. The molecule has 2 aliphatic carbocycles. The number of hydrogen-bond donors (Lipinski definition) is 2. The summed E-state index contributed by atoms with van der Waals surface area (Å²) in [7, 11) is 0. The molecule has 2 atom stereocenters. The Balaban J connectivity index is 2.13. The van der Waals surface area contributed by atoms with Crippen molar-refractivity contribution in [2.45, 2.75) is 52.0 Å². The highest BCUT2D eigenvalue weighted by atomic mass is 16.3. The highest BCUT2D eigenvalue weighted by Gasteiger charge is 2.54. The predicted octanol–water partition coefficient (Wildman–Crippen LogP) is 2.81. The molecule has 2 N–H and O–H groups in total. The van der Waals surface area contributed by atoms with E-state index in [4.69, 9.17) is 16.8 Å². The van der Waals surface area contributed by atoms with Gasteiger partial charge in [0, 0.05) is 17.0 Å². The van der Waals surface area contributed by atoms with Gasteiger partial charge in [-0.15, -0.1) is 0 Å². The second-order valence-electron chi connectivity index (χ2n) is 7.30. The Kier molecular flexibility index (Phi) is 3.33. The molecule has 5 heteroatoms. The Bertz CT molecular complexity index is 681. The van der Waals surface area contributed by atoms with E-state index in [1.807, 2.05) is 20.0 Å². The molecule has 22 heavy (non-hydrogen) atoms. The summed E-state index contributed by atoms with van der Waals surface area (Å²) >= 11 is 0. The normalized spacial score (nSPS) is 29.7. The summed E-state index contributed by atoms with van der Waals surface area (Å²) in [6, 6.07) is 0. The van der Waals surface area contributed by atoms with E-state index >= 15 is 0 Å². The number of aromatic nitrogens is 2. The van der Waals surface area contributed by atoms with Crippen LogP contribution in [0.4, 0.5) is 0 Å². The summed E-state index contributed by atoms with van der Waals surface area (Å²) < 4.78 is 1.81. The zero-order valence-corrected chi connectivity index (χ0v) is 13.4. The van der Waals surface area contributed by atoms with Crippen LogP contribution in [0.2, 0.25) is 0 Å². The smallest absolute Gasteiger partial charge is 0.203 e. The number of fused-ring (bicyclic) bond motifs is 3. The molecule has 1 heterocycles. The van der Waals surface area contributed by atoms with Gasteiger partial charge in [0.1, 0.15) is 5.76 Å². The number of rotatable bonds is 2. The van der Waals surface area contributed by atoms with E-state index in [9.17, 15) is 5.11 Å². The zero-order chi connectivity index (χ0) is 16.1. The minimum Gasteiger partial charge on any atom is -0.523 e. The molecule has 5 nitrogen and oxygen atoms in total. The molecule has 3 rings (SSSR count). The van der Waals surface area contributed by atoms with Gasteiger partial charge in [-0.25, -0.2) is 4.85 Å². The lowest BCUT2D eigenvalue weighted by Crippen LogP contribution is -2.49. The highest BCUT2D eigenvalue weighted by molar-refractivity contribution is 5.39. The maximum absolute atomic E-state index is 10.5. The van der Waals surface area contributed by atoms with Crippen molar-refractivity contribution in [2.75, 3.05) is 6.61 Å². The number of aliphatic hydroxyl groups is 2. The largest absolute Gasteiger partial charge is 0.523 e. The molecule has 118 valence electrons. The molecule has 0 amide bonds. The molecule has 0 aromatic carbocycles. The van der Waals surface area contributed by atoms with Crippen molar-refractivity contribution in [3.63, 3.8) is 0 Å². The Morgan fingerprint density at radius 1 is 1.45 bits per heavy atom. The van der Waals surface area contributed by atoms with E-state index in [0.29, 0.717) is 18.7 Å². The van der Waals surface area contributed by atoms with Crippen LogP contribution in [-0.4, -0.2) is 26.6 Å². The first-order valence-electron chi connectivity index (χ1n) is 7.82. The lowest BCUT2D eigenvalue weighted by Gasteiger charge is -2.51. The summed E-state index contributed by atoms with van der Waals surface area (Å²) in [6.45, 7) is 14.2. The molecule has 0 unspecified atom stereocenters. The van der Waals surface area contributed by atoms with E-state index in [0.717, 1.165) is 18.5 Å². The van der Waals surface area contributed by atoms with Gasteiger partial charge in [-0.3, -0.25) is 4.68 Å². The molecule has 0 saturated heterocycles. The van der Waals surface area contributed by atoms with Crippen LogP contribution >= 0.6 is 0 Å². The molecule has 0 bridgehead atoms. The fraction of sp³-hybridized carbons (Fsp3) is 0.647. The van der Waals surface area contributed by atoms with E-state index < -0.39 is 5.41 Å². The molecule has 0 radical (unpaired) electrons. The van der Waals surface area contributed by atoms with Crippen LogP contribution in [-0.2, 0) is 18.4 Å². The van der Waals surface area contributed by atoms with Gasteiger partial charge in [-0.1, -0.05) is 20.8 Å². The summed E-state index contributed by atoms with van der Waals surface area (Å²) in [5.74, 6) is 0.513. The van der Waals surface area contributed by atoms with Crippen molar-refractivity contribution in [3.05, 3.63) is 40.3 Å². The molecular formula is C17H23N3O2. The predicted molar refractivity (Wildman–Crippen MR) is 83.1 cm³/mol. The number of nitrogens with zero attached hydrogens (tertiary/aromatic N) is 3. The molecular weight excluding hydrogens is 278 g/mol. The SMILES string of the molecule is [C-]#[N+]C1=C(O)C(C)(C)[C@@H]2CCc3cn(CCO)nc3[C@@]2(C)C1. The van der Waals surface area contributed by atoms with Crippen LogP contribution < -0.4 is 0 Å². The van der Waals surface area contributed by atoms with Crippen LogP contribution in [0.15, 0.2) is 17.7 Å². The fourth-order valence-corrected chi connectivity index (χ4v) is 4.55. The topological polar surface area (TPSA) is 62.6 Å². The zero-order valence-electron chi connectivity index (χ0n) is 13.4. The van der Waals surface area contributed by atoms with Gasteiger partial charge < -0.3 is 10.2 Å². The van der Waals surface area contributed by atoms with Gasteiger partial charge in [-0.2, -0.15) is 5.10 Å². The molecule has 0 spiro atoms. The van der Waals surface area contributed by atoms with E-state index in [1.165, 1.54) is 5.56 Å². The monoisotopic (exact) mass is 301 g/mol. The standard InChI is InChI=1S/C17H23N3O2/c1-16(2)13-6-5-11-10-20(7-8-21)19-14(11)17(13,3)9-12(18-4)15(16)22/h10,13,21-22H,5-9H2,1-3H3/t13-,17-/m0/s1. The molecule has 1 aromatic rings. The maximum Gasteiger partial charge on any atom is 0.203 e. The highest BCUT2D eigenvalue weighted by Crippen LogP contribution is 2.58. The van der Waals surface area contributed by atoms with E-state index in [1.54, 1.807) is 4.68 Å². The molecule has 0 fully saturated rings. The first-order valence-corrected chi connectivity index (χ1v) is 7.82. The average Bonchev–Trinajstić information content (AvgIpc) is 2.87. The van der Waals surface area contributed by atoms with Gasteiger partial charge in [0.05, 0.1) is 25.4 Å². The van der Waals surface area contributed by atoms with Crippen LogP contribution in [0.25, 0.3) is 4.85 Å². The van der Waals surface area contributed by atoms with Gasteiger partial charge in [0.25, 0.3) is 0 Å². The van der Waals surface area contributed by atoms with Gasteiger partial charge in [-0.05, 0) is 30.7 Å². The molecule has 0 saturated carbocycles. The quantitative estimate of drug-likeness (QED) is 0.826. The van der Waals surface area contributed by atoms with Crippen molar-refractivity contribution in [3.8, 4) is 0 Å². The lowest BCUT2D eigenvalue weighted by molar-refractivity contribution is 0.0626. The number of aryl methyl sites for hydroxylation is 1. The first-order chi connectivity index (χ1) is 10.3. The number of aliphatic hydroxyl groups excluding tert-OH is 2. The van der Waals surface area contributed by atoms with Crippen molar-refractivity contribution < 1.29 is 10.2 Å². The maximum atomic E-state index is 10.5. The van der Waals surface area contributed by atoms with Crippen molar-refractivity contribution in [1.82, 2.24) is 9.78 Å². The molecule has 1 aromatic heterocycles. The van der Waals surface area contributed by atoms with Crippen LogP contribution in [0.5, 0.6) is 0 Å². The van der Waals surface area contributed by atoms with Gasteiger partial charge in [0.15, 0.2) is 0 Å². The molecule has 0 aliphatic heterocycles. The van der Waals surface area contributed by atoms with E-state index in [2.05, 4.69) is 11.8 Å². The summed E-state index contributed by atoms with van der Waals surface area (Å²) in [5, 5.41) is 24.3. The van der Waals surface area contributed by atoms with Crippen LogP contribution in [0.3, 0.4) is 0 Å². The van der Waals surface area contributed by atoms with Crippen molar-refractivity contribution in [2.24, 2.45) is 11.3 Å². The Morgan fingerprint density at radius 3 is 2.82 bits per heavy atom. The molecule has 2 aliphatic rings. The van der Waals surface area contributed by atoms with Crippen molar-refractivity contribution in [1.29, 1.82) is 0 Å². The second kappa shape index (κ2) is 4.85. The Labute approximate surface area is 131 Å². The minimum atomic E-state index is -0.411. The average molecular weight is 301 g/mol. The third-order valence-electron chi connectivity index (χ3n) is 5.60. The summed E-state index contributed by atoms with van der Waals surface area (Å²) in [4.78, 5) is 3.58. The van der Waals surface area contributed by atoms with Gasteiger partial charge in [0.2, 0.25) is 5.70 Å². The lowest BCUT2D eigenvalue weighted by atomic mass is 9.53. The number of hydrogen-bond acceptors (Lipinski definition) is 3. The summed E-state index contributed by atoms with van der Waals surface area (Å²) in [5.41, 5.74) is 2.08. The van der Waals surface area contributed by atoms with Crippen LogP contribution in [0.1, 0.15) is 44.9 Å². The summed E-state index contributed by atoms with van der Waals surface area (Å²) in [6.07, 6.45) is 4.48. The second-order valence-corrected chi connectivity index (χ2v) is 7.30. The van der Waals surface area contributed by atoms with E-state index in [-0.39, 0.29) is 23.7 Å². The first kappa shape index (κ1) is 15.1. The Morgan fingerprint density at radius 2 is 2.18 bits per heavy atom. The third-order valence-corrected chi connectivity index (χ3v) is 5.60. The Hall–Kier alpha value is -1.80. The van der Waals surface area contributed by atoms with Crippen LogP contribution in [0, 0.1) is 17.9 Å². The van der Waals surface area contributed by atoms with Gasteiger partial charge >= 0.3 is 0 Å². The third kappa shape index (κ3) is 1.90.